The van der Waals surface area contributed by atoms with Gasteiger partial charge in [-0.1, -0.05) is 24.6 Å². The second-order valence-corrected chi connectivity index (χ2v) is 6.02. The molecule has 0 aliphatic heterocycles. The highest BCUT2D eigenvalue weighted by Gasteiger charge is 2.14. The smallest absolute Gasteiger partial charge is 0.309 e. The van der Waals surface area contributed by atoms with Gasteiger partial charge in [-0.05, 0) is 26.1 Å². The monoisotopic (exact) mass is 281 g/mol. The highest BCUT2D eigenvalue weighted by atomic mass is 32.2. The minimum absolute atomic E-state index is 0.0700. The fourth-order valence-electron chi connectivity index (χ4n) is 1.79. The Hall–Kier alpha value is -1.00. The molecule has 1 unspecified atom stereocenters. The Kier molecular flexibility index (Phi) is 6.95. The number of methoxy groups -OCH3 is 1. The molecular formula is C15H23NO2S. The van der Waals surface area contributed by atoms with Gasteiger partial charge in [-0.2, -0.15) is 0 Å². The Morgan fingerprint density at radius 3 is 2.58 bits per heavy atom. The number of hydrogen-bond donors (Lipinski definition) is 0. The molecule has 0 bridgehead atoms. The summed E-state index contributed by atoms with van der Waals surface area (Å²) in [4.78, 5) is 14.8. The number of carbonyl (C=O) groups excluding carboxylic acids is 1. The molecule has 106 valence electrons. The van der Waals surface area contributed by atoms with Gasteiger partial charge in [0.15, 0.2) is 0 Å². The van der Waals surface area contributed by atoms with Crippen molar-refractivity contribution in [3.63, 3.8) is 0 Å². The van der Waals surface area contributed by atoms with E-state index in [4.69, 9.17) is 4.74 Å². The van der Waals surface area contributed by atoms with Crippen LogP contribution in [0.1, 0.15) is 12.5 Å². The summed E-state index contributed by atoms with van der Waals surface area (Å²) in [5.41, 5.74) is 1.29. The molecule has 1 rings (SSSR count). The normalized spacial score (nSPS) is 12.5. The molecule has 0 fully saturated rings. The third-order valence-corrected chi connectivity index (χ3v) is 3.94. The Bertz CT molecular complexity index is 392. The standard InChI is InChI=1S/C15H23NO2S/c1-12-5-7-14(8-6-12)19-10-9-16(3)11-13(2)15(17)18-4/h5-8,13H,9-11H2,1-4H3. The van der Waals surface area contributed by atoms with Crippen molar-refractivity contribution >= 4 is 17.7 Å². The Balaban J connectivity index is 2.25. The van der Waals surface area contributed by atoms with E-state index in [1.54, 1.807) is 0 Å². The van der Waals surface area contributed by atoms with E-state index in [0.717, 1.165) is 18.8 Å². The van der Waals surface area contributed by atoms with Crippen LogP contribution in [0.2, 0.25) is 0 Å². The van der Waals surface area contributed by atoms with Crippen molar-refractivity contribution in [2.75, 3.05) is 33.0 Å². The maximum Gasteiger partial charge on any atom is 0.309 e. The van der Waals surface area contributed by atoms with Crippen molar-refractivity contribution in [2.45, 2.75) is 18.7 Å². The molecular weight excluding hydrogens is 258 g/mol. The van der Waals surface area contributed by atoms with Crippen LogP contribution < -0.4 is 0 Å². The van der Waals surface area contributed by atoms with Gasteiger partial charge in [0.2, 0.25) is 0 Å². The molecule has 3 nitrogen and oxygen atoms in total. The minimum Gasteiger partial charge on any atom is -0.469 e. The molecule has 0 saturated heterocycles. The Morgan fingerprint density at radius 2 is 2.00 bits per heavy atom. The van der Waals surface area contributed by atoms with Crippen LogP contribution in [0.4, 0.5) is 0 Å². The molecule has 0 saturated carbocycles. The van der Waals surface area contributed by atoms with Crippen LogP contribution in [0, 0.1) is 12.8 Å². The maximum absolute atomic E-state index is 11.3. The Morgan fingerprint density at radius 1 is 1.37 bits per heavy atom. The summed E-state index contributed by atoms with van der Waals surface area (Å²) in [6.45, 7) is 5.69. The van der Waals surface area contributed by atoms with Crippen LogP contribution in [0.5, 0.6) is 0 Å². The third kappa shape index (κ3) is 6.12. The predicted octanol–water partition coefficient (Wildman–Crippen LogP) is 2.83. The van der Waals surface area contributed by atoms with E-state index in [2.05, 4.69) is 36.1 Å². The highest BCUT2D eigenvalue weighted by molar-refractivity contribution is 7.99. The topological polar surface area (TPSA) is 29.5 Å². The van der Waals surface area contributed by atoms with Crippen molar-refractivity contribution in [1.29, 1.82) is 0 Å². The largest absolute Gasteiger partial charge is 0.469 e. The van der Waals surface area contributed by atoms with Crippen LogP contribution >= 0.6 is 11.8 Å². The average Bonchev–Trinajstić information content (AvgIpc) is 2.40. The lowest BCUT2D eigenvalue weighted by Crippen LogP contribution is -2.30. The van der Waals surface area contributed by atoms with Crippen molar-refractivity contribution in [2.24, 2.45) is 5.92 Å². The molecule has 0 aliphatic carbocycles. The van der Waals surface area contributed by atoms with Crippen LogP contribution in [0.15, 0.2) is 29.2 Å². The molecule has 0 aliphatic rings. The van der Waals surface area contributed by atoms with E-state index in [-0.39, 0.29) is 11.9 Å². The molecule has 1 aromatic rings. The van der Waals surface area contributed by atoms with Crippen LogP contribution in [-0.4, -0.2) is 43.9 Å². The summed E-state index contributed by atoms with van der Waals surface area (Å²) >= 11 is 1.84. The first-order valence-electron chi connectivity index (χ1n) is 6.48. The zero-order chi connectivity index (χ0) is 14.3. The maximum atomic E-state index is 11.3. The molecule has 0 amide bonds. The quantitative estimate of drug-likeness (QED) is 0.568. The van der Waals surface area contributed by atoms with Crippen LogP contribution in [0.25, 0.3) is 0 Å². The second-order valence-electron chi connectivity index (χ2n) is 4.85. The van der Waals surface area contributed by atoms with Gasteiger partial charge in [0.25, 0.3) is 0 Å². The summed E-state index contributed by atoms with van der Waals surface area (Å²) < 4.78 is 4.73. The molecule has 0 aromatic heterocycles. The molecule has 1 atom stereocenters. The van der Waals surface area contributed by atoms with Crippen molar-refractivity contribution in [1.82, 2.24) is 4.90 Å². The van der Waals surface area contributed by atoms with Gasteiger partial charge in [-0.3, -0.25) is 4.79 Å². The van der Waals surface area contributed by atoms with Crippen LogP contribution in [-0.2, 0) is 9.53 Å². The minimum atomic E-state index is -0.141. The van der Waals surface area contributed by atoms with Gasteiger partial charge < -0.3 is 9.64 Å². The van der Waals surface area contributed by atoms with E-state index in [1.807, 2.05) is 25.7 Å². The summed E-state index contributed by atoms with van der Waals surface area (Å²) in [6.07, 6.45) is 0. The third-order valence-electron chi connectivity index (χ3n) is 2.95. The molecule has 4 heteroatoms. The lowest BCUT2D eigenvalue weighted by atomic mass is 10.2. The van der Waals surface area contributed by atoms with Crippen molar-refractivity contribution in [3.05, 3.63) is 29.8 Å². The number of ether oxygens (including phenoxy) is 1. The van der Waals surface area contributed by atoms with Crippen LogP contribution in [0.3, 0.4) is 0 Å². The molecule has 0 heterocycles. The summed E-state index contributed by atoms with van der Waals surface area (Å²) in [5, 5.41) is 0. The van der Waals surface area contributed by atoms with E-state index >= 15 is 0 Å². The molecule has 0 spiro atoms. The van der Waals surface area contributed by atoms with E-state index in [0.29, 0.717) is 0 Å². The van der Waals surface area contributed by atoms with Gasteiger partial charge >= 0.3 is 5.97 Å². The number of benzene rings is 1. The van der Waals surface area contributed by atoms with Crippen molar-refractivity contribution in [3.8, 4) is 0 Å². The lowest BCUT2D eigenvalue weighted by molar-refractivity contribution is -0.145. The van der Waals surface area contributed by atoms with Gasteiger partial charge in [0.05, 0.1) is 13.0 Å². The summed E-state index contributed by atoms with van der Waals surface area (Å²) in [5.74, 6) is 0.811. The second kappa shape index (κ2) is 8.23. The molecule has 0 radical (unpaired) electrons. The molecule has 0 N–H and O–H groups in total. The van der Waals surface area contributed by atoms with Crippen molar-refractivity contribution < 1.29 is 9.53 Å². The van der Waals surface area contributed by atoms with E-state index in [1.165, 1.54) is 17.6 Å². The van der Waals surface area contributed by atoms with Gasteiger partial charge in [0, 0.05) is 23.7 Å². The summed E-state index contributed by atoms with van der Waals surface area (Å²) in [7, 11) is 3.47. The van der Waals surface area contributed by atoms with Gasteiger partial charge in [-0.15, -0.1) is 11.8 Å². The fraction of sp³-hybridized carbons (Fsp3) is 0.533. The fourth-order valence-corrected chi connectivity index (χ4v) is 2.76. The zero-order valence-electron chi connectivity index (χ0n) is 12.2. The number of esters is 1. The summed E-state index contributed by atoms with van der Waals surface area (Å²) in [6, 6.07) is 8.56. The number of nitrogens with zero attached hydrogens (tertiary/aromatic N) is 1. The number of carbonyl (C=O) groups is 1. The Labute approximate surface area is 120 Å². The highest BCUT2D eigenvalue weighted by Crippen LogP contribution is 2.18. The van der Waals surface area contributed by atoms with E-state index < -0.39 is 0 Å². The van der Waals surface area contributed by atoms with Gasteiger partial charge in [0.1, 0.15) is 0 Å². The average molecular weight is 281 g/mol. The molecule has 1 aromatic carbocycles. The number of rotatable bonds is 7. The lowest BCUT2D eigenvalue weighted by Gasteiger charge is -2.19. The first-order valence-corrected chi connectivity index (χ1v) is 7.47. The zero-order valence-corrected chi connectivity index (χ0v) is 13.0. The SMILES string of the molecule is COC(=O)C(C)CN(C)CCSc1ccc(C)cc1. The number of thioether (sulfide) groups is 1. The van der Waals surface area contributed by atoms with Gasteiger partial charge in [-0.25, -0.2) is 0 Å². The number of aryl methyl sites for hydroxylation is 1. The first kappa shape index (κ1) is 16.1. The predicted molar refractivity (Wildman–Crippen MR) is 80.6 cm³/mol. The van der Waals surface area contributed by atoms with E-state index in [9.17, 15) is 4.79 Å². The number of hydrogen-bond acceptors (Lipinski definition) is 4. The molecule has 19 heavy (non-hydrogen) atoms. The first-order chi connectivity index (χ1) is 9.02.